The fraction of sp³-hybridized carbons (Fsp3) is 0.0455. The Balaban J connectivity index is 1.93. The van der Waals surface area contributed by atoms with Crippen molar-refractivity contribution in [3.05, 3.63) is 106 Å². The lowest BCUT2D eigenvalue weighted by molar-refractivity contribution is 0.497. The Labute approximate surface area is 159 Å². The largest absolute Gasteiger partial charge is 0.420 e. The molecule has 1 heterocycles. The monoisotopic (exact) mass is 405 g/mol. The normalized spacial score (nSPS) is 10.8. The van der Waals surface area contributed by atoms with Gasteiger partial charge in [0.15, 0.2) is 5.76 Å². The molecule has 128 valence electrons. The summed E-state index contributed by atoms with van der Waals surface area (Å²) in [7, 11) is 0. The molecule has 0 aliphatic carbocycles. The third-order valence-electron chi connectivity index (χ3n) is 4.21. The van der Waals surface area contributed by atoms with Gasteiger partial charge in [0.05, 0.1) is 12.2 Å². The van der Waals surface area contributed by atoms with Gasteiger partial charge in [-0.1, -0.05) is 88.7 Å². The summed E-state index contributed by atoms with van der Waals surface area (Å²) in [4.78, 5) is 12.7. The topological polar surface area (TPSA) is 35.1 Å². The van der Waals surface area contributed by atoms with Crippen molar-refractivity contribution < 1.29 is 4.42 Å². The van der Waals surface area contributed by atoms with Crippen molar-refractivity contribution in [2.24, 2.45) is 0 Å². The maximum absolute atomic E-state index is 12.7. The summed E-state index contributed by atoms with van der Waals surface area (Å²) >= 11 is 3.49. The van der Waals surface area contributed by atoms with Crippen LogP contribution in [0.4, 0.5) is 0 Å². The summed E-state index contributed by atoms with van der Waals surface area (Å²) in [6, 6.07) is 27.6. The number of nitrogens with zero attached hydrogens (tertiary/aromatic N) is 1. The number of benzene rings is 3. The number of oxazole rings is 1. The van der Waals surface area contributed by atoms with Crippen LogP contribution in [0.15, 0.2) is 98.6 Å². The zero-order chi connectivity index (χ0) is 17.9. The van der Waals surface area contributed by atoms with Gasteiger partial charge < -0.3 is 4.42 Å². The fourth-order valence-corrected chi connectivity index (χ4v) is 3.42. The summed E-state index contributed by atoms with van der Waals surface area (Å²) in [5, 5.41) is 0. The van der Waals surface area contributed by atoms with Crippen LogP contribution in [-0.4, -0.2) is 4.57 Å². The van der Waals surface area contributed by atoms with Crippen molar-refractivity contribution >= 4 is 15.9 Å². The highest BCUT2D eigenvalue weighted by atomic mass is 79.9. The van der Waals surface area contributed by atoms with Gasteiger partial charge >= 0.3 is 5.76 Å². The van der Waals surface area contributed by atoms with E-state index in [-0.39, 0.29) is 5.76 Å². The van der Waals surface area contributed by atoms with Crippen LogP contribution in [0.3, 0.4) is 0 Å². The molecule has 0 spiro atoms. The zero-order valence-corrected chi connectivity index (χ0v) is 15.5. The van der Waals surface area contributed by atoms with Gasteiger partial charge in [-0.05, 0) is 17.7 Å². The highest BCUT2D eigenvalue weighted by molar-refractivity contribution is 9.10. The zero-order valence-electron chi connectivity index (χ0n) is 13.9. The van der Waals surface area contributed by atoms with Crippen LogP contribution < -0.4 is 5.76 Å². The minimum atomic E-state index is -0.359. The van der Waals surface area contributed by atoms with Crippen molar-refractivity contribution in [3.8, 4) is 22.6 Å². The first-order valence-electron chi connectivity index (χ1n) is 8.31. The maximum atomic E-state index is 12.7. The fourth-order valence-electron chi connectivity index (χ4n) is 3.02. The predicted octanol–water partition coefficient (Wildman–Crippen LogP) is 5.59. The van der Waals surface area contributed by atoms with E-state index in [1.165, 1.54) is 0 Å². The quantitative estimate of drug-likeness (QED) is 0.443. The molecule has 4 heteroatoms. The van der Waals surface area contributed by atoms with E-state index in [9.17, 15) is 4.79 Å². The lowest BCUT2D eigenvalue weighted by atomic mass is 10.1. The molecule has 0 N–H and O–H groups in total. The maximum Gasteiger partial charge on any atom is 0.420 e. The third-order valence-corrected chi connectivity index (χ3v) is 4.71. The minimum absolute atomic E-state index is 0.359. The highest BCUT2D eigenvalue weighted by Crippen LogP contribution is 2.33. The van der Waals surface area contributed by atoms with E-state index in [2.05, 4.69) is 15.9 Å². The van der Waals surface area contributed by atoms with Gasteiger partial charge in [-0.15, -0.1) is 0 Å². The van der Waals surface area contributed by atoms with Crippen molar-refractivity contribution in [1.82, 2.24) is 4.57 Å². The Bertz CT molecular complexity index is 1080. The van der Waals surface area contributed by atoms with Crippen molar-refractivity contribution in [1.29, 1.82) is 0 Å². The predicted molar refractivity (Wildman–Crippen MR) is 107 cm³/mol. The molecule has 0 unspecified atom stereocenters. The Morgan fingerprint density at radius 2 is 1.46 bits per heavy atom. The molecule has 4 aromatic rings. The molecule has 26 heavy (non-hydrogen) atoms. The van der Waals surface area contributed by atoms with Gasteiger partial charge in [0, 0.05) is 15.6 Å². The van der Waals surface area contributed by atoms with Crippen LogP contribution in [0.1, 0.15) is 5.56 Å². The van der Waals surface area contributed by atoms with E-state index in [1.54, 1.807) is 4.57 Å². The molecular weight excluding hydrogens is 390 g/mol. The lowest BCUT2D eigenvalue weighted by Crippen LogP contribution is -2.16. The van der Waals surface area contributed by atoms with Crippen molar-refractivity contribution in [2.45, 2.75) is 6.54 Å². The number of rotatable bonds is 4. The number of hydrogen-bond acceptors (Lipinski definition) is 2. The number of aromatic nitrogens is 1. The standard InChI is InChI=1S/C22H16BrNO2/c23-19-13-7-12-18(14-19)21-20(17-10-5-2-6-11-17)24(22(25)26-21)15-16-8-3-1-4-9-16/h1-14H,15H2. The van der Waals surface area contributed by atoms with Gasteiger partial charge in [-0.3, -0.25) is 4.57 Å². The van der Waals surface area contributed by atoms with E-state index >= 15 is 0 Å². The van der Waals surface area contributed by atoms with Gasteiger partial charge in [0.25, 0.3) is 0 Å². The van der Waals surface area contributed by atoms with Gasteiger partial charge in [0.2, 0.25) is 0 Å². The average molecular weight is 406 g/mol. The molecule has 0 radical (unpaired) electrons. The molecule has 0 atom stereocenters. The molecule has 0 aliphatic heterocycles. The third kappa shape index (κ3) is 3.28. The highest BCUT2D eigenvalue weighted by Gasteiger charge is 2.20. The first-order chi connectivity index (χ1) is 12.7. The molecular formula is C22H16BrNO2. The average Bonchev–Trinajstić information content (AvgIpc) is 3.00. The second-order valence-corrected chi connectivity index (χ2v) is 6.91. The Morgan fingerprint density at radius 3 is 2.15 bits per heavy atom. The van der Waals surface area contributed by atoms with Crippen LogP contribution in [0.2, 0.25) is 0 Å². The first-order valence-corrected chi connectivity index (χ1v) is 9.10. The molecule has 3 nitrogen and oxygen atoms in total. The molecule has 0 aliphatic rings. The van der Waals surface area contributed by atoms with Gasteiger partial charge in [0.1, 0.15) is 0 Å². The van der Waals surface area contributed by atoms with Crippen LogP contribution >= 0.6 is 15.9 Å². The first kappa shape index (κ1) is 16.6. The number of hydrogen-bond donors (Lipinski definition) is 0. The van der Waals surface area contributed by atoms with Crippen LogP contribution in [0.5, 0.6) is 0 Å². The van der Waals surface area contributed by atoms with Crippen LogP contribution in [-0.2, 0) is 6.54 Å². The number of halogens is 1. The summed E-state index contributed by atoms with van der Waals surface area (Å²) in [5.41, 5.74) is 3.65. The van der Waals surface area contributed by atoms with Crippen molar-refractivity contribution in [3.63, 3.8) is 0 Å². The van der Waals surface area contributed by atoms with Crippen molar-refractivity contribution in [2.75, 3.05) is 0 Å². The summed E-state index contributed by atoms with van der Waals surface area (Å²) in [6.07, 6.45) is 0. The lowest BCUT2D eigenvalue weighted by Gasteiger charge is -2.09. The second-order valence-electron chi connectivity index (χ2n) is 5.99. The Hall–Kier alpha value is -2.85. The Morgan fingerprint density at radius 1 is 0.808 bits per heavy atom. The minimum Gasteiger partial charge on any atom is -0.407 e. The molecule has 0 amide bonds. The van der Waals surface area contributed by atoms with Gasteiger partial charge in [-0.25, -0.2) is 4.79 Å². The molecule has 0 fully saturated rings. The molecule has 4 rings (SSSR count). The summed E-state index contributed by atoms with van der Waals surface area (Å²) in [5.74, 6) is 0.223. The van der Waals surface area contributed by atoms with E-state index in [4.69, 9.17) is 4.42 Å². The second kappa shape index (κ2) is 7.18. The van der Waals surface area contributed by atoms with E-state index in [1.807, 2.05) is 84.9 Å². The summed E-state index contributed by atoms with van der Waals surface area (Å²) in [6.45, 7) is 0.460. The molecule has 3 aromatic carbocycles. The molecule has 1 aromatic heterocycles. The Kier molecular flexibility index (Phi) is 4.59. The van der Waals surface area contributed by atoms with E-state index in [0.717, 1.165) is 26.9 Å². The SMILES string of the molecule is O=c1oc(-c2cccc(Br)c2)c(-c2ccccc2)n1Cc1ccccc1. The van der Waals surface area contributed by atoms with Crippen LogP contribution in [0.25, 0.3) is 22.6 Å². The van der Waals surface area contributed by atoms with Gasteiger partial charge in [-0.2, -0.15) is 0 Å². The molecule has 0 bridgehead atoms. The molecule has 0 saturated carbocycles. The molecule has 0 saturated heterocycles. The van der Waals surface area contributed by atoms with Crippen LogP contribution in [0, 0.1) is 0 Å². The van der Waals surface area contributed by atoms with E-state index in [0.29, 0.717) is 12.3 Å². The smallest absolute Gasteiger partial charge is 0.407 e. The summed E-state index contributed by atoms with van der Waals surface area (Å²) < 4.78 is 8.33. The van der Waals surface area contributed by atoms with E-state index < -0.39 is 0 Å².